The molecule has 21 heavy (non-hydrogen) atoms. The Labute approximate surface area is 121 Å². The lowest BCUT2D eigenvalue weighted by Gasteiger charge is -2.51. The number of benzene rings is 1. The Kier molecular flexibility index (Phi) is 3.15. The SMILES string of the molecule is CC(O)C1C(O)N2C(C(=O)O)=C(c3ccc(O)cc3)CC12. The molecule has 0 amide bonds. The van der Waals surface area contributed by atoms with Crippen LogP contribution in [0.2, 0.25) is 0 Å². The van der Waals surface area contributed by atoms with Crippen LogP contribution in [0.15, 0.2) is 30.0 Å². The van der Waals surface area contributed by atoms with E-state index in [0.717, 1.165) is 0 Å². The third-order valence-corrected chi connectivity index (χ3v) is 4.36. The number of rotatable bonds is 3. The minimum atomic E-state index is -1.09. The van der Waals surface area contributed by atoms with Crippen molar-refractivity contribution < 1.29 is 25.2 Å². The lowest BCUT2D eigenvalue weighted by molar-refractivity contribution is -0.185. The zero-order chi connectivity index (χ0) is 15.3. The number of carboxylic acids is 1. The number of fused-ring (bicyclic) bond motifs is 1. The Morgan fingerprint density at radius 3 is 2.48 bits per heavy atom. The van der Waals surface area contributed by atoms with Gasteiger partial charge in [0.15, 0.2) is 0 Å². The number of aliphatic hydroxyl groups excluding tert-OH is 2. The van der Waals surface area contributed by atoms with Crippen molar-refractivity contribution in [3.05, 3.63) is 35.5 Å². The van der Waals surface area contributed by atoms with E-state index in [1.807, 2.05) is 0 Å². The summed E-state index contributed by atoms with van der Waals surface area (Å²) in [4.78, 5) is 13.0. The Balaban J connectivity index is 2.00. The van der Waals surface area contributed by atoms with Crippen LogP contribution in [0.5, 0.6) is 5.75 Å². The van der Waals surface area contributed by atoms with E-state index in [9.17, 15) is 25.2 Å². The molecule has 2 heterocycles. The van der Waals surface area contributed by atoms with Crippen LogP contribution < -0.4 is 0 Å². The molecule has 3 rings (SSSR count). The summed E-state index contributed by atoms with van der Waals surface area (Å²) in [7, 11) is 0. The van der Waals surface area contributed by atoms with Gasteiger partial charge in [-0.3, -0.25) is 0 Å². The Bertz CT molecular complexity index is 607. The molecule has 0 radical (unpaired) electrons. The number of hydrogen-bond acceptors (Lipinski definition) is 5. The number of carboxylic acid groups (broad SMARTS) is 1. The number of aliphatic carboxylic acids is 1. The van der Waals surface area contributed by atoms with Gasteiger partial charge < -0.3 is 25.3 Å². The molecule has 4 atom stereocenters. The van der Waals surface area contributed by atoms with E-state index < -0.39 is 18.3 Å². The molecule has 4 unspecified atom stereocenters. The molecule has 4 N–H and O–H groups in total. The Hall–Kier alpha value is -2.05. The molecular formula is C15H17NO5. The van der Waals surface area contributed by atoms with Gasteiger partial charge in [0.2, 0.25) is 0 Å². The highest BCUT2D eigenvalue weighted by Crippen LogP contribution is 2.49. The number of carbonyl (C=O) groups is 1. The number of nitrogens with zero attached hydrogens (tertiary/aromatic N) is 1. The van der Waals surface area contributed by atoms with Gasteiger partial charge in [-0.2, -0.15) is 0 Å². The van der Waals surface area contributed by atoms with E-state index in [2.05, 4.69) is 0 Å². The second kappa shape index (κ2) is 4.75. The maximum atomic E-state index is 11.5. The molecule has 2 aliphatic heterocycles. The molecule has 0 spiro atoms. The third-order valence-electron chi connectivity index (χ3n) is 4.36. The zero-order valence-corrected chi connectivity index (χ0v) is 11.5. The van der Waals surface area contributed by atoms with E-state index in [4.69, 9.17) is 0 Å². The molecule has 6 heteroatoms. The Morgan fingerprint density at radius 2 is 1.95 bits per heavy atom. The van der Waals surface area contributed by atoms with Gasteiger partial charge in [-0.05, 0) is 36.6 Å². The summed E-state index contributed by atoms with van der Waals surface area (Å²) in [6.45, 7) is 1.60. The highest BCUT2D eigenvalue weighted by atomic mass is 16.4. The highest BCUT2D eigenvalue weighted by Gasteiger charge is 2.56. The predicted octanol–water partition coefficient (Wildman–Crippen LogP) is 0.591. The maximum Gasteiger partial charge on any atom is 0.352 e. The van der Waals surface area contributed by atoms with Crippen molar-refractivity contribution in [2.45, 2.75) is 31.7 Å². The fourth-order valence-corrected chi connectivity index (χ4v) is 3.39. The van der Waals surface area contributed by atoms with Crippen LogP contribution >= 0.6 is 0 Å². The van der Waals surface area contributed by atoms with E-state index in [-0.39, 0.29) is 23.4 Å². The van der Waals surface area contributed by atoms with E-state index in [0.29, 0.717) is 17.6 Å². The molecular weight excluding hydrogens is 274 g/mol. The van der Waals surface area contributed by atoms with E-state index >= 15 is 0 Å². The van der Waals surface area contributed by atoms with Gasteiger partial charge in [0.05, 0.1) is 12.0 Å². The summed E-state index contributed by atoms with van der Waals surface area (Å²) >= 11 is 0. The molecule has 0 saturated carbocycles. The largest absolute Gasteiger partial charge is 0.508 e. The normalized spacial score (nSPS) is 29.1. The van der Waals surface area contributed by atoms with Gasteiger partial charge >= 0.3 is 5.97 Å². The monoisotopic (exact) mass is 291 g/mol. The van der Waals surface area contributed by atoms with Crippen molar-refractivity contribution in [3.8, 4) is 5.75 Å². The van der Waals surface area contributed by atoms with Crippen molar-refractivity contribution in [2.24, 2.45) is 5.92 Å². The quantitative estimate of drug-likeness (QED) is 0.650. The van der Waals surface area contributed by atoms with Crippen LogP contribution in [-0.2, 0) is 4.79 Å². The van der Waals surface area contributed by atoms with Crippen molar-refractivity contribution in [1.82, 2.24) is 4.90 Å². The minimum absolute atomic E-state index is 0.0788. The van der Waals surface area contributed by atoms with Crippen LogP contribution in [0.4, 0.5) is 0 Å². The molecule has 0 bridgehead atoms. The average Bonchev–Trinajstić information content (AvgIpc) is 2.74. The summed E-state index contributed by atoms with van der Waals surface area (Å²) in [6, 6.07) is 6.11. The number of phenols is 1. The van der Waals surface area contributed by atoms with E-state index in [1.54, 1.807) is 19.1 Å². The average molecular weight is 291 g/mol. The number of phenolic OH excluding ortho intramolecular Hbond substituents is 1. The molecule has 1 aromatic rings. The summed E-state index contributed by atoms with van der Waals surface area (Å²) in [6.07, 6.45) is -1.22. The predicted molar refractivity (Wildman–Crippen MR) is 74.1 cm³/mol. The number of hydrogen-bond donors (Lipinski definition) is 4. The van der Waals surface area contributed by atoms with Gasteiger partial charge in [-0.1, -0.05) is 12.1 Å². The first-order valence-corrected chi connectivity index (χ1v) is 6.82. The topological polar surface area (TPSA) is 101 Å². The van der Waals surface area contributed by atoms with Gasteiger partial charge in [-0.25, -0.2) is 4.79 Å². The molecule has 1 aromatic carbocycles. The maximum absolute atomic E-state index is 11.5. The van der Waals surface area contributed by atoms with Crippen molar-refractivity contribution >= 4 is 11.5 Å². The zero-order valence-electron chi connectivity index (χ0n) is 11.5. The summed E-state index contributed by atoms with van der Waals surface area (Å²) < 4.78 is 0. The molecule has 112 valence electrons. The summed E-state index contributed by atoms with van der Waals surface area (Å²) in [5, 5.41) is 38.6. The fourth-order valence-electron chi connectivity index (χ4n) is 3.39. The molecule has 6 nitrogen and oxygen atoms in total. The summed E-state index contributed by atoms with van der Waals surface area (Å²) in [5.74, 6) is -1.34. The number of aliphatic hydroxyl groups is 2. The second-order valence-electron chi connectivity index (χ2n) is 5.59. The first kappa shape index (κ1) is 13.9. The van der Waals surface area contributed by atoms with Crippen molar-refractivity contribution in [1.29, 1.82) is 0 Å². The van der Waals surface area contributed by atoms with Crippen LogP contribution in [0.25, 0.3) is 5.57 Å². The van der Waals surface area contributed by atoms with Crippen LogP contribution in [0.3, 0.4) is 0 Å². The van der Waals surface area contributed by atoms with Crippen molar-refractivity contribution in [3.63, 3.8) is 0 Å². The molecule has 0 aromatic heterocycles. The highest BCUT2D eigenvalue weighted by molar-refractivity contribution is 5.97. The van der Waals surface area contributed by atoms with Gasteiger partial charge in [0, 0.05) is 6.04 Å². The molecule has 0 aliphatic carbocycles. The lowest BCUT2D eigenvalue weighted by Crippen LogP contribution is -2.64. The third kappa shape index (κ3) is 1.99. The lowest BCUT2D eigenvalue weighted by atomic mass is 9.81. The minimum Gasteiger partial charge on any atom is -0.508 e. The standard InChI is InChI=1S/C15H17NO5/c1-7(17)12-11-6-10(8-2-4-9(18)5-3-8)13(15(20)21)16(11)14(12)19/h2-5,7,11-12,14,17-19H,6H2,1H3,(H,20,21). The molecule has 2 aliphatic rings. The van der Waals surface area contributed by atoms with Crippen molar-refractivity contribution in [2.75, 3.05) is 0 Å². The fraction of sp³-hybridized carbons (Fsp3) is 0.400. The Morgan fingerprint density at radius 1 is 1.33 bits per heavy atom. The molecule has 1 saturated heterocycles. The van der Waals surface area contributed by atoms with Gasteiger partial charge in [0.25, 0.3) is 0 Å². The van der Waals surface area contributed by atoms with Gasteiger partial charge in [-0.15, -0.1) is 0 Å². The van der Waals surface area contributed by atoms with Crippen LogP contribution in [0.1, 0.15) is 18.9 Å². The van der Waals surface area contributed by atoms with Crippen LogP contribution in [0, 0.1) is 5.92 Å². The first-order chi connectivity index (χ1) is 9.91. The van der Waals surface area contributed by atoms with Gasteiger partial charge in [0.1, 0.15) is 17.7 Å². The second-order valence-corrected chi connectivity index (χ2v) is 5.59. The summed E-state index contributed by atoms with van der Waals surface area (Å²) in [5.41, 5.74) is 1.40. The van der Waals surface area contributed by atoms with E-state index in [1.165, 1.54) is 17.0 Å². The van der Waals surface area contributed by atoms with Crippen LogP contribution in [-0.4, -0.2) is 49.7 Å². The number of aromatic hydroxyl groups is 1. The molecule has 1 fully saturated rings. The first-order valence-electron chi connectivity index (χ1n) is 6.82. The smallest absolute Gasteiger partial charge is 0.352 e.